The second-order valence-electron chi connectivity index (χ2n) is 4.94. The molecule has 0 atom stereocenters. The molecule has 0 fully saturated rings. The van der Waals surface area contributed by atoms with Crippen LogP contribution in [0.4, 0.5) is 0 Å². The van der Waals surface area contributed by atoms with E-state index in [-0.39, 0.29) is 19.5 Å². The summed E-state index contributed by atoms with van der Waals surface area (Å²) in [6, 6.07) is 0. The van der Waals surface area contributed by atoms with Crippen molar-refractivity contribution in [2.75, 3.05) is 13.2 Å². The van der Waals surface area contributed by atoms with Gasteiger partial charge in [0.15, 0.2) is 0 Å². The number of hydrogen-bond donors (Lipinski definition) is 0. The van der Waals surface area contributed by atoms with Gasteiger partial charge in [0.1, 0.15) is 6.72 Å². The van der Waals surface area contributed by atoms with Crippen LogP contribution in [0.3, 0.4) is 0 Å². The first-order valence-corrected chi connectivity index (χ1v) is 10.3. The second-order valence-corrected chi connectivity index (χ2v) is 7.69. The monoisotopic (exact) mass is 373 g/mol. The maximum atomic E-state index is 11.8. The molecule has 0 unspecified atom stereocenters. The van der Waals surface area contributed by atoms with E-state index in [1.807, 2.05) is 0 Å². The molecule has 0 aromatic heterocycles. The van der Waals surface area contributed by atoms with Crippen molar-refractivity contribution in [3.8, 4) is 0 Å². The zero-order valence-electron chi connectivity index (χ0n) is 13.3. The van der Waals surface area contributed by atoms with Gasteiger partial charge in [-0.1, -0.05) is 77.0 Å². The standard InChI is InChI=1S/C14H31O3PS.Zn/c1-3-5-7-9-11-13-16-18(15,19)17-14-12-10-8-6-4-2;/h3-14H2,1-2H3,(H,15,19);/q;+2/p-1. The molecule has 0 aliphatic rings. The molecule has 0 spiro atoms. The van der Waals surface area contributed by atoms with E-state index in [2.05, 4.69) is 13.8 Å². The fourth-order valence-electron chi connectivity index (χ4n) is 1.80. The van der Waals surface area contributed by atoms with E-state index in [0.717, 1.165) is 25.7 Å². The van der Waals surface area contributed by atoms with Gasteiger partial charge in [-0.2, -0.15) is 0 Å². The summed E-state index contributed by atoms with van der Waals surface area (Å²) < 4.78 is 10.4. The Labute approximate surface area is 143 Å². The van der Waals surface area contributed by atoms with Crippen LogP contribution in [0.2, 0.25) is 0 Å². The van der Waals surface area contributed by atoms with Crippen LogP contribution in [-0.2, 0) is 40.3 Å². The fraction of sp³-hybridized carbons (Fsp3) is 1.00. The molecule has 0 saturated heterocycles. The van der Waals surface area contributed by atoms with Gasteiger partial charge in [-0.15, -0.1) is 0 Å². The first-order chi connectivity index (χ1) is 9.12. The molecule has 20 heavy (non-hydrogen) atoms. The molecule has 6 heteroatoms. The van der Waals surface area contributed by atoms with Gasteiger partial charge in [-0.25, -0.2) is 0 Å². The van der Waals surface area contributed by atoms with Crippen molar-refractivity contribution >= 4 is 18.5 Å². The normalized spacial score (nSPS) is 11.3. The number of rotatable bonds is 14. The Balaban J connectivity index is 0. The Kier molecular flexibility index (Phi) is 19.3. The van der Waals surface area contributed by atoms with Crippen molar-refractivity contribution in [1.29, 1.82) is 0 Å². The molecule has 0 N–H and O–H groups in total. The third-order valence-electron chi connectivity index (χ3n) is 2.99. The van der Waals surface area contributed by atoms with Crippen LogP contribution in [0, 0.1) is 0 Å². The largest absolute Gasteiger partial charge is 2.00 e. The van der Waals surface area contributed by atoms with Crippen molar-refractivity contribution < 1.29 is 33.4 Å². The second kappa shape index (κ2) is 16.5. The topological polar surface area (TPSA) is 41.5 Å². The Morgan fingerprint density at radius 3 is 1.45 bits per heavy atom. The third kappa shape index (κ3) is 17.2. The summed E-state index contributed by atoms with van der Waals surface area (Å²) in [6.07, 6.45) is 11.4. The molecular formula is C14H30O3PSZn+. The van der Waals surface area contributed by atoms with Crippen LogP contribution in [0.15, 0.2) is 0 Å². The molecule has 116 valence electrons. The number of hydrogen-bond acceptors (Lipinski definition) is 4. The molecule has 0 rings (SSSR count). The Hall–Kier alpha value is 1.15. The average Bonchev–Trinajstić information content (AvgIpc) is 2.38. The molecule has 0 radical (unpaired) electrons. The Morgan fingerprint density at radius 1 is 0.750 bits per heavy atom. The summed E-state index contributed by atoms with van der Waals surface area (Å²) in [5.41, 5.74) is 0. The summed E-state index contributed by atoms with van der Waals surface area (Å²) in [5.74, 6) is 0. The number of unbranched alkanes of at least 4 members (excludes halogenated alkanes) is 8. The molecule has 0 aromatic rings. The van der Waals surface area contributed by atoms with Crippen LogP contribution in [0.5, 0.6) is 0 Å². The summed E-state index contributed by atoms with van der Waals surface area (Å²) in [6.45, 7) is 2.06. The molecule has 0 aromatic carbocycles. The zero-order valence-corrected chi connectivity index (χ0v) is 18.0. The van der Waals surface area contributed by atoms with Gasteiger partial charge in [0.05, 0.1) is 13.2 Å². The van der Waals surface area contributed by atoms with E-state index in [1.54, 1.807) is 0 Å². The molecule has 3 nitrogen and oxygen atoms in total. The Morgan fingerprint density at radius 2 is 1.10 bits per heavy atom. The smallest absolute Gasteiger partial charge is 0.780 e. The van der Waals surface area contributed by atoms with E-state index in [0.29, 0.717) is 13.2 Å². The maximum absolute atomic E-state index is 11.8. The zero-order chi connectivity index (χ0) is 14.4. The fourth-order valence-corrected chi connectivity index (χ4v) is 3.03. The van der Waals surface area contributed by atoms with Gasteiger partial charge in [0.2, 0.25) is 0 Å². The molecule has 0 bridgehead atoms. The van der Waals surface area contributed by atoms with Crippen molar-refractivity contribution in [1.82, 2.24) is 0 Å². The van der Waals surface area contributed by atoms with Crippen molar-refractivity contribution in [2.24, 2.45) is 0 Å². The first-order valence-electron chi connectivity index (χ1n) is 7.72. The van der Waals surface area contributed by atoms with Gasteiger partial charge in [0, 0.05) is 0 Å². The van der Waals surface area contributed by atoms with Crippen LogP contribution in [0.1, 0.15) is 78.1 Å². The summed E-state index contributed by atoms with van der Waals surface area (Å²) in [4.78, 5) is 11.8. The minimum atomic E-state index is -3.22. The Bertz CT molecular complexity index is 222. The van der Waals surface area contributed by atoms with Crippen molar-refractivity contribution in [2.45, 2.75) is 78.1 Å². The third-order valence-corrected chi connectivity index (χ3v) is 4.62. The molecule has 0 saturated carbocycles. The van der Waals surface area contributed by atoms with E-state index >= 15 is 0 Å². The van der Waals surface area contributed by atoms with Crippen molar-refractivity contribution in [3.05, 3.63) is 0 Å². The average molecular weight is 375 g/mol. The minimum absolute atomic E-state index is 0. The maximum Gasteiger partial charge on any atom is 2.00 e. The predicted molar refractivity (Wildman–Crippen MR) is 83.7 cm³/mol. The minimum Gasteiger partial charge on any atom is -0.780 e. The van der Waals surface area contributed by atoms with Crippen LogP contribution < -0.4 is 4.89 Å². The summed E-state index contributed by atoms with van der Waals surface area (Å²) >= 11 is 4.86. The summed E-state index contributed by atoms with van der Waals surface area (Å²) in [5, 5.41) is 0. The molecule has 0 heterocycles. The van der Waals surface area contributed by atoms with Gasteiger partial charge in [-0.05, 0) is 12.8 Å². The van der Waals surface area contributed by atoms with Gasteiger partial charge in [-0.3, -0.25) is 0 Å². The van der Waals surface area contributed by atoms with E-state index in [1.165, 1.54) is 38.5 Å². The van der Waals surface area contributed by atoms with Crippen molar-refractivity contribution in [3.63, 3.8) is 0 Å². The van der Waals surface area contributed by atoms with Gasteiger partial charge in [0.25, 0.3) is 0 Å². The van der Waals surface area contributed by atoms with E-state index < -0.39 is 6.72 Å². The van der Waals surface area contributed by atoms with Crippen LogP contribution in [-0.4, -0.2) is 13.2 Å². The van der Waals surface area contributed by atoms with E-state index in [9.17, 15) is 4.89 Å². The molecular weight excluding hydrogens is 345 g/mol. The quantitative estimate of drug-likeness (QED) is 0.254. The van der Waals surface area contributed by atoms with E-state index in [4.69, 9.17) is 20.9 Å². The van der Waals surface area contributed by atoms with Gasteiger partial charge < -0.3 is 13.9 Å². The molecule has 0 amide bonds. The molecule has 0 aliphatic heterocycles. The van der Waals surface area contributed by atoms with Crippen LogP contribution in [0.25, 0.3) is 0 Å². The first kappa shape index (κ1) is 23.4. The predicted octanol–water partition coefficient (Wildman–Crippen LogP) is 4.54. The SMILES string of the molecule is CCCCCCCOP([O-])(=S)OCCCCCCC.[Zn+2]. The van der Waals surface area contributed by atoms with Gasteiger partial charge >= 0.3 is 19.5 Å². The summed E-state index contributed by atoms with van der Waals surface area (Å²) in [7, 11) is 0. The molecule has 0 aliphatic carbocycles. The van der Waals surface area contributed by atoms with Crippen LogP contribution >= 0.6 is 6.72 Å².